The molecule has 2 N–H and O–H groups in total. The predicted molar refractivity (Wildman–Crippen MR) is 157 cm³/mol. The average Bonchev–Trinajstić information content (AvgIpc) is 2.97. The molecule has 1 aliphatic heterocycles. The van der Waals surface area contributed by atoms with Gasteiger partial charge in [0, 0.05) is 11.6 Å². The van der Waals surface area contributed by atoms with E-state index in [-0.39, 0.29) is 53.8 Å². The Morgan fingerprint density at radius 3 is 2.32 bits per heavy atom. The number of hydrogen-bond donors (Lipinski definition) is 2. The maximum atomic E-state index is 12.9. The second-order valence-electron chi connectivity index (χ2n) is 8.61. The van der Waals surface area contributed by atoms with E-state index in [1.807, 2.05) is 6.92 Å². The molecule has 0 aromatic heterocycles. The number of allylic oxidation sites excluding steroid dienone is 1. The van der Waals surface area contributed by atoms with Crippen molar-refractivity contribution < 1.29 is 28.8 Å². The molecule has 8 nitrogen and oxygen atoms in total. The fraction of sp³-hybridized carbons (Fsp3) is 0.214. The van der Waals surface area contributed by atoms with E-state index in [4.69, 9.17) is 77.0 Å². The zero-order valence-electron chi connectivity index (χ0n) is 21.5. The topological polar surface area (TPSA) is 110 Å². The van der Waals surface area contributed by atoms with Crippen LogP contribution in [0.2, 0.25) is 25.1 Å². The summed E-state index contributed by atoms with van der Waals surface area (Å²) in [6.45, 7) is 1.89. The molecule has 13 heteroatoms. The third kappa shape index (κ3) is 6.35. The Hall–Kier alpha value is -3.19. The SMILES string of the molecule is CCCOc1ccc(C2C(C#N)=C(NC(=O)COc3c(Cl)c(Cl)c(Cl)c(Cl)c3Cl)Oc3cc(O)ccc32)cc1OC. The summed E-state index contributed by atoms with van der Waals surface area (Å²) >= 11 is 30.5. The van der Waals surface area contributed by atoms with Gasteiger partial charge in [0.25, 0.3) is 5.91 Å². The molecule has 3 aromatic carbocycles. The minimum atomic E-state index is -0.717. The Kier molecular flexibility index (Phi) is 9.90. The van der Waals surface area contributed by atoms with Crippen LogP contribution in [0.5, 0.6) is 28.7 Å². The van der Waals surface area contributed by atoms with E-state index in [0.717, 1.165) is 6.42 Å². The predicted octanol–water partition coefficient (Wildman–Crippen LogP) is 7.91. The maximum Gasteiger partial charge on any atom is 0.264 e. The first-order chi connectivity index (χ1) is 19.6. The van der Waals surface area contributed by atoms with E-state index in [2.05, 4.69) is 11.4 Å². The lowest BCUT2D eigenvalue weighted by molar-refractivity contribution is -0.122. The molecular formula is C28H21Cl5N2O6. The number of phenolic OH excluding ortho intramolecular Hbond substituents is 1. The number of nitrogens with zero attached hydrogens (tertiary/aromatic N) is 1. The zero-order valence-corrected chi connectivity index (χ0v) is 25.3. The Morgan fingerprint density at radius 1 is 1.00 bits per heavy atom. The number of hydrogen-bond acceptors (Lipinski definition) is 7. The number of benzene rings is 3. The highest BCUT2D eigenvalue weighted by atomic mass is 35.5. The Morgan fingerprint density at radius 2 is 1.68 bits per heavy atom. The van der Waals surface area contributed by atoms with Crippen molar-refractivity contribution >= 4 is 63.9 Å². The van der Waals surface area contributed by atoms with Crippen LogP contribution < -0.4 is 24.3 Å². The summed E-state index contributed by atoms with van der Waals surface area (Å²) in [4.78, 5) is 12.9. The fourth-order valence-corrected chi connectivity index (χ4v) is 5.29. The fourth-order valence-electron chi connectivity index (χ4n) is 4.06. The molecule has 0 bridgehead atoms. The number of fused-ring (bicyclic) bond motifs is 1. The first-order valence-corrected chi connectivity index (χ1v) is 13.9. The summed E-state index contributed by atoms with van der Waals surface area (Å²) < 4.78 is 22.7. The van der Waals surface area contributed by atoms with Crippen LogP contribution in [-0.2, 0) is 4.79 Å². The number of ether oxygens (including phenoxy) is 4. The van der Waals surface area contributed by atoms with Crippen molar-refractivity contribution in [2.24, 2.45) is 0 Å². The largest absolute Gasteiger partial charge is 0.508 e. The zero-order chi connectivity index (χ0) is 29.8. The highest BCUT2D eigenvalue weighted by molar-refractivity contribution is 6.55. The lowest BCUT2D eigenvalue weighted by Gasteiger charge is -2.28. The molecule has 1 unspecified atom stereocenters. The van der Waals surface area contributed by atoms with Gasteiger partial charge in [0.05, 0.1) is 34.7 Å². The van der Waals surface area contributed by atoms with Crippen LogP contribution in [0.4, 0.5) is 0 Å². The molecule has 0 fully saturated rings. The summed E-state index contributed by atoms with van der Waals surface area (Å²) in [5.74, 6) is -0.530. The molecule has 0 aliphatic carbocycles. The van der Waals surface area contributed by atoms with Gasteiger partial charge in [-0.2, -0.15) is 5.26 Å². The molecule has 0 radical (unpaired) electrons. The van der Waals surface area contributed by atoms with Crippen molar-refractivity contribution in [3.05, 3.63) is 84.1 Å². The van der Waals surface area contributed by atoms with Crippen LogP contribution in [0.25, 0.3) is 0 Å². The van der Waals surface area contributed by atoms with Gasteiger partial charge in [-0.3, -0.25) is 10.1 Å². The molecule has 1 amide bonds. The third-order valence-corrected chi connectivity index (χ3v) is 8.17. The summed E-state index contributed by atoms with van der Waals surface area (Å²) in [5, 5.41) is 22.3. The molecule has 1 atom stereocenters. The van der Waals surface area contributed by atoms with Crippen LogP contribution in [0.1, 0.15) is 30.4 Å². The smallest absolute Gasteiger partial charge is 0.264 e. The van der Waals surface area contributed by atoms with Crippen molar-refractivity contribution in [3.8, 4) is 34.8 Å². The summed E-state index contributed by atoms with van der Waals surface area (Å²) in [6.07, 6.45) is 0.812. The van der Waals surface area contributed by atoms with Gasteiger partial charge >= 0.3 is 0 Å². The van der Waals surface area contributed by atoms with Gasteiger partial charge in [-0.1, -0.05) is 77.1 Å². The van der Waals surface area contributed by atoms with Crippen LogP contribution >= 0.6 is 58.0 Å². The maximum absolute atomic E-state index is 12.9. The van der Waals surface area contributed by atoms with Crippen LogP contribution in [0, 0.1) is 11.3 Å². The van der Waals surface area contributed by atoms with Gasteiger partial charge in [0.2, 0.25) is 5.88 Å². The second-order valence-corrected chi connectivity index (χ2v) is 10.5. The number of methoxy groups -OCH3 is 1. The summed E-state index contributed by atoms with van der Waals surface area (Å²) in [7, 11) is 1.51. The third-order valence-electron chi connectivity index (χ3n) is 5.93. The van der Waals surface area contributed by atoms with Gasteiger partial charge in [0.1, 0.15) is 33.2 Å². The number of phenols is 1. The molecular weight excluding hydrogens is 638 g/mol. The van der Waals surface area contributed by atoms with Crippen molar-refractivity contribution in [1.82, 2.24) is 5.32 Å². The molecule has 3 aromatic rings. The number of aromatic hydroxyl groups is 1. The van der Waals surface area contributed by atoms with E-state index >= 15 is 0 Å². The number of halogens is 5. The van der Waals surface area contributed by atoms with E-state index in [0.29, 0.717) is 29.2 Å². The van der Waals surface area contributed by atoms with E-state index in [9.17, 15) is 15.2 Å². The average molecular weight is 659 g/mol. The van der Waals surface area contributed by atoms with Crippen molar-refractivity contribution in [2.75, 3.05) is 20.3 Å². The molecule has 214 valence electrons. The minimum absolute atomic E-state index is 0.0610. The number of carbonyl (C=O) groups is 1. The minimum Gasteiger partial charge on any atom is -0.508 e. The molecule has 4 rings (SSSR count). The number of nitrogens with one attached hydrogen (secondary N) is 1. The summed E-state index contributed by atoms with van der Waals surface area (Å²) in [5.41, 5.74) is 1.33. The van der Waals surface area contributed by atoms with Gasteiger partial charge in [-0.25, -0.2) is 0 Å². The standard InChI is InChI=1S/C28H21Cl5N2O6/c1-3-8-39-17-7-4-13(9-19(17)38-2)21-15-6-5-14(36)10-18(15)41-28(16(21)11-34)35-20(37)12-40-27-25(32)23(30)22(29)24(31)26(27)33/h4-7,9-10,21,36H,3,8,12H2,1-2H3,(H,35,37). The quantitative estimate of drug-likeness (QED) is 0.178. The van der Waals surface area contributed by atoms with Crippen LogP contribution in [0.15, 0.2) is 47.9 Å². The Bertz CT molecular complexity index is 1560. The molecule has 41 heavy (non-hydrogen) atoms. The molecule has 0 spiro atoms. The highest BCUT2D eigenvalue weighted by Gasteiger charge is 2.33. The van der Waals surface area contributed by atoms with E-state index in [1.54, 1.807) is 24.3 Å². The lowest BCUT2D eigenvalue weighted by atomic mass is 9.83. The van der Waals surface area contributed by atoms with Crippen molar-refractivity contribution in [2.45, 2.75) is 19.3 Å². The molecule has 1 heterocycles. The number of amides is 1. The first kappa shape index (κ1) is 30.8. The van der Waals surface area contributed by atoms with Crippen LogP contribution in [0.3, 0.4) is 0 Å². The van der Waals surface area contributed by atoms with Gasteiger partial charge < -0.3 is 24.1 Å². The molecule has 0 saturated carbocycles. The van der Waals surface area contributed by atoms with E-state index < -0.39 is 18.4 Å². The molecule has 1 aliphatic rings. The number of carbonyl (C=O) groups excluding carboxylic acids is 1. The lowest BCUT2D eigenvalue weighted by Crippen LogP contribution is -2.34. The Balaban J connectivity index is 1.68. The Labute approximate surface area is 260 Å². The van der Waals surface area contributed by atoms with Crippen molar-refractivity contribution in [1.29, 1.82) is 5.26 Å². The van der Waals surface area contributed by atoms with Crippen LogP contribution in [-0.4, -0.2) is 31.3 Å². The monoisotopic (exact) mass is 656 g/mol. The number of nitriles is 1. The summed E-state index contributed by atoms with van der Waals surface area (Å²) in [6, 6.07) is 11.9. The van der Waals surface area contributed by atoms with E-state index in [1.165, 1.54) is 19.2 Å². The second kappa shape index (κ2) is 13.2. The first-order valence-electron chi connectivity index (χ1n) is 12.0. The van der Waals surface area contributed by atoms with Crippen molar-refractivity contribution in [3.63, 3.8) is 0 Å². The van der Waals surface area contributed by atoms with Gasteiger partial charge in [-0.05, 0) is 30.2 Å². The highest BCUT2D eigenvalue weighted by Crippen LogP contribution is 2.48. The van der Waals surface area contributed by atoms with Gasteiger partial charge in [0.15, 0.2) is 23.9 Å². The molecule has 0 saturated heterocycles. The number of rotatable bonds is 9. The normalized spacial score (nSPS) is 14.0. The van der Waals surface area contributed by atoms with Gasteiger partial charge in [-0.15, -0.1) is 0 Å².